The van der Waals surface area contributed by atoms with Gasteiger partial charge >= 0.3 is 24.4 Å². The van der Waals surface area contributed by atoms with E-state index in [1.165, 1.54) is 17.9 Å². The van der Waals surface area contributed by atoms with E-state index in [2.05, 4.69) is 10.1 Å². The normalized spacial score (nSPS) is 12.5. The van der Waals surface area contributed by atoms with Gasteiger partial charge in [-0.25, -0.2) is 4.79 Å². The van der Waals surface area contributed by atoms with Crippen LogP contribution in [0.15, 0.2) is 66.7 Å². The first-order valence-electron chi connectivity index (χ1n) is 12.3. The third-order valence-corrected chi connectivity index (χ3v) is 6.40. The molecule has 0 aromatic heterocycles. The lowest BCUT2D eigenvalue weighted by molar-refractivity contribution is -0.142. The van der Waals surface area contributed by atoms with Crippen LogP contribution in [-0.4, -0.2) is 30.6 Å². The van der Waals surface area contributed by atoms with Gasteiger partial charge in [0.2, 0.25) is 0 Å². The summed E-state index contributed by atoms with van der Waals surface area (Å²) in [7, 11) is 1.10. The number of carbonyl (C=O) groups excluding carboxylic acids is 2. The highest BCUT2D eigenvalue weighted by Gasteiger charge is 2.34. The maximum atomic E-state index is 13.8. The summed E-state index contributed by atoms with van der Waals surface area (Å²) in [6, 6.07) is 14.0. The van der Waals surface area contributed by atoms with Gasteiger partial charge in [-0.05, 0) is 65.9 Å². The molecule has 1 N–H and O–H groups in total. The van der Waals surface area contributed by atoms with E-state index in [4.69, 9.17) is 0 Å². The molecule has 11 heteroatoms. The molecule has 0 bridgehead atoms. The van der Waals surface area contributed by atoms with Crippen molar-refractivity contribution in [2.45, 2.75) is 45.2 Å². The van der Waals surface area contributed by atoms with Crippen molar-refractivity contribution in [3.63, 3.8) is 0 Å². The van der Waals surface area contributed by atoms with Crippen LogP contribution in [0.5, 0.6) is 0 Å². The van der Waals surface area contributed by atoms with Crippen LogP contribution in [-0.2, 0) is 35.0 Å². The Bertz CT molecular complexity index is 1340. The fourth-order valence-corrected chi connectivity index (χ4v) is 4.13. The monoisotopic (exact) mass is 566 g/mol. The van der Waals surface area contributed by atoms with Crippen LogP contribution in [0.1, 0.15) is 47.6 Å². The van der Waals surface area contributed by atoms with Crippen molar-refractivity contribution in [1.82, 2.24) is 10.2 Å². The minimum absolute atomic E-state index is 0.0115. The Morgan fingerprint density at radius 2 is 1.55 bits per heavy atom. The van der Waals surface area contributed by atoms with Gasteiger partial charge in [0.1, 0.15) is 0 Å². The molecule has 0 aliphatic rings. The third kappa shape index (κ3) is 7.55. The highest BCUT2D eigenvalue weighted by atomic mass is 19.4. The zero-order chi connectivity index (χ0) is 29.7. The molecule has 0 aliphatic carbocycles. The van der Waals surface area contributed by atoms with Crippen molar-refractivity contribution in [2.24, 2.45) is 0 Å². The van der Waals surface area contributed by atoms with Crippen LogP contribution in [0.3, 0.4) is 0 Å². The number of nitrogens with one attached hydrogen (secondary N) is 1. The Morgan fingerprint density at radius 3 is 2.12 bits per heavy atom. The molecule has 5 nitrogen and oxygen atoms in total. The van der Waals surface area contributed by atoms with Crippen molar-refractivity contribution in [1.29, 1.82) is 0 Å². The summed E-state index contributed by atoms with van der Waals surface area (Å²) >= 11 is 0. The topological polar surface area (TPSA) is 58.6 Å². The van der Waals surface area contributed by atoms with E-state index >= 15 is 0 Å². The molecule has 0 spiro atoms. The van der Waals surface area contributed by atoms with Gasteiger partial charge in [0.25, 0.3) is 0 Å². The highest BCUT2D eigenvalue weighted by molar-refractivity contribution is 5.79. The first-order valence-corrected chi connectivity index (χ1v) is 12.3. The summed E-state index contributed by atoms with van der Waals surface area (Å²) in [5.41, 5.74) is -1.30. The smallest absolute Gasteiger partial charge is 0.416 e. The number of urea groups is 1. The van der Waals surface area contributed by atoms with Crippen LogP contribution in [0.25, 0.3) is 11.1 Å². The van der Waals surface area contributed by atoms with Gasteiger partial charge < -0.3 is 15.0 Å². The van der Waals surface area contributed by atoms with Crippen molar-refractivity contribution >= 4 is 12.0 Å². The van der Waals surface area contributed by atoms with Crippen LogP contribution in [0.4, 0.5) is 31.1 Å². The summed E-state index contributed by atoms with van der Waals surface area (Å²) in [5, 5.41) is 2.71. The molecule has 3 rings (SSSR count). The molecule has 0 saturated carbocycles. The quantitative estimate of drug-likeness (QED) is 0.228. The minimum atomic E-state index is -4.79. The zero-order valence-corrected chi connectivity index (χ0v) is 22.0. The van der Waals surface area contributed by atoms with Gasteiger partial charge in [0.05, 0.1) is 24.2 Å². The predicted molar refractivity (Wildman–Crippen MR) is 137 cm³/mol. The molecule has 1 atom stereocenters. The van der Waals surface area contributed by atoms with E-state index in [1.807, 2.05) is 6.07 Å². The largest absolute Gasteiger partial charge is 0.469 e. The van der Waals surface area contributed by atoms with Crippen molar-refractivity contribution in [3.05, 3.63) is 94.5 Å². The lowest BCUT2D eigenvalue weighted by Crippen LogP contribution is -2.39. The van der Waals surface area contributed by atoms with Gasteiger partial charge in [0, 0.05) is 19.6 Å². The number of halogens is 6. The van der Waals surface area contributed by atoms with Gasteiger partial charge in [-0.3, -0.25) is 4.79 Å². The van der Waals surface area contributed by atoms with Gasteiger partial charge in [-0.15, -0.1) is 0 Å². The zero-order valence-electron chi connectivity index (χ0n) is 22.0. The number of alkyl halides is 6. The van der Waals surface area contributed by atoms with Crippen molar-refractivity contribution < 1.29 is 40.7 Å². The fraction of sp³-hybridized carbons (Fsp3) is 0.310. The molecule has 0 saturated heterocycles. The van der Waals surface area contributed by atoms with Crippen LogP contribution >= 0.6 is 0 Å². The summed E-state index contributed by atoms with van der Waals surface area (Å²) in [6.45, 7) is 2.98. The maximum Gasteiger partial charge on any atom is 0.416 e. The standard InChI is InChI=1S/C29H28F6N2O3/c1-4-37(27(39)36-16-19-8-6-5-7-9-19)17-22-15-23(28(30,31)32)10-11-25(22)21-12-20(18(2)26(38)40-3)13-24(14-21)29(33,34)35/h5-15,18H,4,16-17H2,1-3H3,(H,36,39)/t18-/m1/s1. The lowest BCUT2D eigenvalue weighted by Gasteiger charge is -2.24. The number of methoxy groups -OCH3 is 1. The number of hydrogen-bond acceptors (Lipinski definition) is 3. The summed E-state index contributed by atoms with van der Waals surface area (Å²) < 4.78 is 86.9. The molecule has 40 heavy (non-hydrogen) atoms. The Hall–Kier alpha value is -4.02. The van der Waals surface area contributed by atoms with Crippen molar-refractivity contribution in [3.8, 4) is 11.1 Å². The average Bonchev–Trinajstić information content (AvgIpc) is 2.92. The summed E-state index contributed by atoms with van der Waals surface area (Å²) in [5.74, 6) is -1.84. The number of ether oxygens (including phenoxy) is 1. The number of nitrogens with zero attached hydrogens (tertiary/aromatic N) is 1. The van der Waals surface area contributed by atoms with Crippen LogP contribution in [0.2, 0.25) is 0 Å². The molecular weight excluding hydrogens is 538 g/mol. The second kappa shape index (κ2) is 12.4. The van der Waals surface area contributed by atoms with E-state index in [0.29, 0.717) is 0 Å². The van der Waals surface area contributed by atoms with E-state index in [1.54, 1.807) is 31.2 Å². The first-order chi connectivity index (χ1) is 18.7. The lowest BCUT2D eigenvalue weighted by atomic mass is 9.90. The summed E-state index contributed by atoms with van der Waals surface area (Å²) in [6.07, 6.45) is -9.52. The molecular formula is C29H28F6N2O3. The number of amides is 2. The third-order valence-electron chi connectivity index (χ3n) is 6.40. The van der Waals surface area contributed by atoms with Crippen LogP contribution < -0.4 is 5.32 Å². The fourth-order valence-electron chi connectivity index (χ4n) is 4.13. The molecule has 0 fully saturated rings. The Labute approximate surface area is 227 Å². The molecule has 0 unspecified atom stereocenters. The Morgan fingerprint density at radius 1 is 0.900 bits per heavy atom. The number of benzene rings is 3. The van der Waals surface area contributed by atoms with Gasteiger partial charge in [0.15, 0.2) is 0 Å². The molecule has 3 aromatic rings. The molecule has 0 aliphatic heterocycles. The van der Waals surface area contributed by atoms with E-state index in [-0.39, 0.29) is 41.9 Å². The van der Waals surface area contributed by atoms with E-state index in [0.717, 1.165) is 43.0 Å². The number of carbonyl (C=O) groups is 2. The molecule has 3 aromatic carbocycles. The summed E-state index contributed by atoms with van der Waals surface area (Å²) in [4.78, 5) is 26.3. The maximum absolute atomic E-state index is 13.8. The minimum Gasteiger partial charge on any atom is -0.469 e. The Kier molecular flexibility index (Phi) is 9.49. The molecule has 2 amide bonds. The Balaban J connectivity index is 2.08. The van der Waals surface area contributed by atoms with E-state index < -0.39 is 41.4 Å². The predicted octanol–water partition coefficient (Wildman–Crippen LogP) is 7.40. The SMILES string of the molecule is CCN(Cc1cc(C(F)(F)F)ccc1-c1cc([C@@H](C)C(=O)OC)cc(C(F)(F)F)c1)C(=O)NCc1ccccc1. The van der Waals surface area contributed by atoms with E-state index in [9.17, 15) is 35.9 Å². The van der Waals surface area contributed by atoms with Gasteiger partial charge in [-0.2, -0.15) is 26.3 Å². The number of hydrogen-bond donors (Lipinski definition) is 1. The molecule has 214 valence electrons. The molecule has 0 heterocycles. The van der Waals surface area contributed by atoms with Gasteiger partial charge in [-0.1, -0.05) is 42.5 Å². The highest BCUT2D eigenvalue weighted by Crippen LogP contribution is 2.38. The number of rotatable bonds is 8. The second-order valence-electron chi connectivity index (χ2n) is 9.11. The first kappa shape index (κ1) is 30.5. The average molecular weight is 567 g/mol. The second-order valence-corrected chi connectivity index (χ2v) is 9.11. The van der Waals surface area contributed by atoms with Crippen molar-refractivity contribution in [2.75, 3.05) is 13.7 Å². The number of esters is 1. The van der Waals surface area contributed by atoms with Crippen LogP contribution in [0, 0.1) is 0 Å². The molecule has 0 radical (unpaired) electrons.